The molecule has 0 saturated carbocycles. The molecule has 0 spiro atoms. The third-order valence-electron chi connectivity index (χ3n) is 2.98. The average molecular weight is 292 g/mol. The molecule has 0 aliphatic carbocycles. The Hall–Kier alpha value is -2.24. The van der Waals surface area contributed by atoms with E-state index in [1.807, 2.05) is 34.0 Å². The van der Waals surface area contributed by atoms with Crippen LogP contribution < -0.4 is 15.8 Å². The van der Waals surface area contributed by atoms with Crippen LogP contribution in [0.15, 0.2) is 18.3 Å². The molecule has 2 rings (SSSR count). The summed E-state index contributed by atoms with van der Waals surface area (Å²) in [6.45, 7) is 5.72. The van der Waals surface area contributed by atoms with E-state index in [4.69, 9.17) is 10.5 Å². The van der Waals surface area contributed by atoms with Crippen LogP contribution in [-0.2, 0) is 13.5 Å². The first-order valence-corrected chi connectivity index (χ1v) is 6.96. The zero-order chi connectivity index (χ0) is 15.6. The lowest BCUT2D eigenvalue weighted by Gasteiger charge is -2.15. The van der Waals surface area contributed by atoms with Crippen LogP contribution in [0.4, 0.5) is 21.5 Å². The summed E-state index contributed by atoms with van der Waals surface area (Å²) < 4.78 is 21.0. The van der Waals surface area contributed by atoms with E-state index in [-0.39, 0.29) is 11.9 Å². The second-order valence-corrected chi connectivity index (χ2v) is 5.18. The SMILES string of the molecule is CCc1nn(C)cc1Nc1cc(OC(C)C)c(F)cc1N. The lowest BCUT2D eigenvalue weighted by Crippen LogP contribution is -2.08. The van der Waals surface area contributed by atoms with Crippen molar-refractivity contribution in [2.45, 2.75) is 33.3 Å². The maximum atomic E-state index is 13.8. The third-order valence-corrected chi connectivity index (χ3v) is 2.98. The molecule has 0 aliphatic heterocycles. The Labute approximate surface area is 123 Å². The Morgan fingerprint density at radius 3 is 2.71 bits per heavy atom. The van der Waals surface area contributed by atoms with Gasteiger partial charge in [0.05, 0.1) is 28.9 Å². The van der Waals surface area contributed by atoms with Crippen molar-refractivity contribution in [3.05, 3.63) is 29.8 Å². The van der Waals surface area contributed by atoms with E-state index in [2.05, 4.69) is 10.4 Å². The van der Waals surface area contributed by atoms with Crippen molar-refractivity contribution >= 4 is 17.1 Å². The van der Waals surface area contributed by atoms with Gasteiger partial charge in [0.2, 0.25) is 0 Å². The van der Waals surface area contributed by atoms with Crippen molar-refractivity contribution < 1.29 is 9.13 Å². The summed E-state index contributed by atoms with van der Waals surface area (Å²) in [5.74, 6) is -0.280. The molecule has 1 heterocycles. The first kappa shape index (κ1) is 15.2. The number of ether oxygens (including phenoxy) is 1. The number of benzene rings is 1. The van der Waals surface area contributed by atoms with Gasteiger partial charge in [-0.05, 0) is 20.3 Å². The van der Waals surface area contributed by atoms with Crippen LogP contribution in [-0.4, -0.2) is 15.9 Å². The average Bonchev–Trinajstić information content (AvgIpc) is 2.75. The lowest BCUT2D eigenvalue weighted by molar-refractivity contribution is 0.231. The molecule has 3 N–H and O–H groups in total. The molecule has 0 bridgehead atoms. The van der Waals surface area contributed by atoms with Gasteiger partial charge < -0.3 is 15.8 Å². The summed E-state index contributed by atoms with van der Waals surface area (Å²) in [4.78, 5) is 0. The van der Waals surface area contributed by atoms with E-state index in [0.29, 0.717) is 11.4 Å². The van der Waals surface area contributed by atoms with Gasteiger partial charge in [0, 0.05) is 25.4 Å². The van der Waals surface area contributed by atoms with Crippen molar-refractivity contribution in [1.82, 2.24) is 9.78 Å². The summed E-state index contributed by atoms with van der Waals surface area (Å²) in [5.41, 5.74) is 8.60. The van der Waals surface area contributed by atoms with Gasteiger partial charge >= 0.3 is 0 Å². The predicted molar refractivity (Wildman–Crippen MR) is 82.4 cm³/mol. The van der Waals surface area contributed by atoms with Gasteiger partial charge in [-0.2, -0.15) is 5.10 Å². The molecule has 0 radical (unpaired) electrons. The van der Waals surface area contributed by atoms with Gasteiger partial charge in [0.25, 0.3) is 0 Å². The molecule has 114 valence electrons. The predicted octanol–water partition coefficient (Wildman–Crippen LogP) is 3.23. The van der Waals surface area contributed by atoms with Crippen molar-refractivity contribution in [2.75, 3.05) is 11.1 Å². The van der Waals surface area contributed by atoms with Gasteiger partial charge in [0.15, 0.2) is 11.6 Å². The van der Waals surface area contributed by atoms with E-state index < -0.39 is 5.82 Å². The molecule has 6 heteroatoms. The molecular weight excluding hydrogens is 271 g/mol. The molecule has 0 aliphatic rings. The number of aryl methyl sites for hydroxylation is 2. The highest BCUT2D eigenvalue weighted by Gasteiger charge is 2.13. The third kappa shape index (κ3) is 3.45. The highest BCUT2D eigenvalue weighted by Crippen LogP contribution is 2.32. The maximum Gasteiger partial charge on any atom is 0.167 e. The number of hydrogen-bond acceptors (Lipinski definition) is 4. The Bertz CT molecular complexity index is 637. The number of hydrogen-bond donors (Lipinski definition) is 2. The van der Waals surface area contributed by atoms with Crippen LogP contribution in [0.5, 0.6) is 5.75 Å². The van der Waals surface area contributed by atoms with Gasteiger partial charge in [-0.25, -0.2) is 4.39 Å². The van der Waals surface area contributed by atoms with Crippen LogP contribution in [0.2, 0.25) is 0 Å². The Morgan fingerprint density at radius 1 is 1.38 bits per heavy atom. The number of nitrogens with two attached hydrogens (primary N) is 1. The number of anilines is 3. The van der Waals surface area contributed by atoms with Crippen LogP contribution in [0.1, 0.15) is 26.5 Å². The fraction of sp³-hybridized carbons (Fsp3) is 0.400. The Kier molecular flexibility index (Phi) is 4.35. The first-order chi connectivity index (χ1) is 9.90. The van der Waals surface area contributed by atoms with Crippen LogP contribution >= 0.6 is 0 Å². The summed E-state index contributed by atoms with van der Waals surface area (Å²) in [5, 5.41) is 7.55. The van der Waals surface area contributed by atoms with Crippen LogP contribution in [0.3, 0.4) is 0 Å². The second-order valence-electron chi connectivity index (χ2n) is 5.18. The van der Waals surface area contributed by atoms with Gasteiger partial charge in [-0.15, -0.1) is 0 Å². The van der Waals surface area contributed by atoms with Crippen molar-refractivity contribution in [1.29, 1.82) is 0 Å². The quantitative estimate of drug-likeness (QED) is 0.830. The molecule has 0 atom stereocenters. The second kappa shape index (κ2) is 6.03. The minimum absolute atomic E-state index is 0.111. The first-order valence-electron chi connectivity index (χ1n) is 6.96. The zero-order valence-electron chi connectivity index (χ0n) is 12.8. The molecule has 5 nitrogen and oxygen atoms in total. The molecular formula is C15H21FN4O. The van der Waals surface area contributed by atoms with Gasteiger partial charge in [-0.1, -0.05) is 6.92 Å². The number of nitrogen functional groups attached to an aromatic ring is 1. The molecule has 1 aromatic heterocycles. The summed E-state index contributed by atoms with van der Waals surface area (Å²) in [6.07, 6.45) is 2.55. The standard InChI is InChI=1S/C15H21FN4O/c1-5-12-14(8-20(4)19-12)18-13-7-15(21-9(2)3)10(16)6-11(13)17/h6-9,18H,5,17H2,1-4H3. The smallest absolute Gasteiger partial charge is 0.167 e. The summed E-state index contributed by atoms with van der Waals surface area (Å²) in [7, 11) is 1.85. The highest BCUT2D eigenvalue weighted by molar-refractivity contribution is 5.75. The highest BCUT2D eigenvalue weighted by atomic mass is 19.1. The summed E-state index contributed by atoms with van der Waals surface area (Å²) >= 11 is 0. The minimum Gasteiger partial charge on any atom is -0.488 e. The van der Waals surface area contributed by atoms with Gasteiger partial charge in [0.1, 0.15) is 0 Å². The largest absolute Gasteiger partial charge is 0.488 e. The number of nitrogens with zero attached hydrogens (tertiary/aromatic N) is 2. The molecule has 0 unspecified atom stereocenters. The van der Waals surface area contributed by atoms with Crippen LogP contribution in [0, 0.1) is 5.82 Å². The molecule has 2 aromatic rings. The van der Waals surface area contributed by atoms with Gasteiger partial charge in [-0.3, -0.25) is 4.68 Å². The number of nitrogens with one attached hydrogen (secondary N) is 1. The van der Waals surface area contributed by atoms with E-state index in [0.717, 1.165) is 17.8 Å². The van der Waals surface area contributed by atoms with E-state index in [1.54, 1.807) is 10.7 Å². The van der Waals surface area contributed by atoms with Crippen LogP contribution in [0.25, 0.3) is 0 Å². The summed E-state index contributed by atoms with van der Waals surface area (Å²) in [6, 6.07) is 2.85. The maximum absolute atomic E-state index is 13.8. The molecule has 1 aromatic carbocycles. The molecule has 0 amide bonds. The molecule has 21 heavy (non-hydrogen) atoms. The van der Waals surface area contributed by atoms with Crippen molar-refractivity contribution in [3.8, 4) is 5.75 Å². The number of rotatable bonds is 5. The van der Waals surface area contributed by atoms with Crippen molar-refractivity contribution in [2.24, 2.45) is 7.05 Å². The van der Waals surface area contributed by atoms with E-state index in [9.17, 15) is 4.39 Å². The van der Waals surface area contributed by atoms with E-state index in [1.165, 1.54) is 6.07 Å². The molecule has 0 saturated heterocycles. The monoisotopic (exact) mass is 292 g/mol. The van der Waals surface area contributed by atoms with E-state index >= 15 is 0 Å². The Morgan fingerprint density at radius 2 is 2.10 bits per heavy atom. The molecule has 0 fully saturated rings. The fourth-order valence-corrected chi connectivity index (χ4v) is 2.07. The topological polar surface area (TPSA) is 65.1 Å². The lowest BCUT2D eigenvalue weighted by atomic mass is 10.2. The fourth-order valence-electron chi connectivity index (χ4n) is 2.07. The Balaban J connectivity index is 2.34. The number of halogens is 1. The normalized spacial score (nSPS) is 11.0. The minimum atomic E-state index is -0.464. The van der Waals surface area contributed by atoms with Crippen molar-refractivity contribution in [3.63, 3.8) is 0 Å². The zero-order valence-corrected chi connectivity index (χ0v) is 12.8. The number of aromatic nitrogens is 2.